The maximum Gasteiger partial charge on any atom is 0.161 e. The summed E-state index contributed by atoms with van der Waals surface area (Å²) in [4.78, 5) is 17.1. The van der Waals surface area contributed by atoms with E-state index in [0.29, 0.717) is 44.9 Å². The Hall–Kier alpha value is -4.60. The van der Waals surface area contributed by atoms with Gasteiger partial charge >= 0.3 is 0 Å². The van der Waals surface area contributed by atoms with Crippen LogP contribution >= 0.6 is 0 Å². The first-order chi connectivity index (χ1) is 16.1. The molecule has 0 radical (unpaired) electrons. The van der Waals surface area contributed by atoms with Crippen LogP contribution in [0.25, 0.3) is 56.0 Å². The Kier molecular flexibility index (Phi) is 4.19. The molecule has 0 aliphatic carbocycles. The fourth-order valence-corrected chi connectivity index (χ4v) is 3.87. The second-order valence-electron chi connectivity index (χ2n) is 7.62. The van der Waals surface area contributed by atoms with Gasteiger partial charge < -0.3 is 9.72 Å². The van der Waals surface area contributed by atoms with E-state index in [1.54, 1.807) is 29.3 Å². The molecule has 0 aliphatic heterocycles. The van der Waals surface area contributed by atoms with Crippen LogP contribution in [-0.2, 0) is 7.05 Å². The smallest absolute Gasteiger partial charge is 0.161 e. The maximum absolute atomic E-state index is 14.1. The summed E-state index contributed by atoms with van der Waals surface area (Å²) in [6, 6.07) is 8.35. The number of nitrogens with zero attached hydrogens (tertiary/aromatic N) is 6. The van der Waals surface area contributed by atoms with Crippen molar-refractivity contribution in [1.29, 1.82) is 0 Å². The van der Waals surface area contributed by atoms with Crippen molar-refractivity contribution in [1.82, 2.24) is 39.9 Å². The number of hydrogen-bond donors (Lipinski definition) is 2. The molecule has 0 fully saturated rings. The summed E-state index contributed by atoms with van der Waals surface area (Å²) in [5.41, 5.74) is 6.37. The number of fused-ring (bicyclic) bond motifs is 2. The first kappa shape index (κ1) is 19.1. The van der Waals surface area contributed by atoms with E-state index in [2.05, 4.69) is 25.3 Å². The minimum Gasteiger partial charge on any atom is -0.497 e. The summed E-state index contributed by atoms with van der Waals surface area (Å²) in [5.74, 6) is 0.551. The molecule has 0 atom stereocenters. The first-order valence-corrected chi connectivity index (χ1v) is 10.1. The highest BCUT2D eigenvalue weighted by Gasteiger charge is 2.18. The molecule has 1 aromatic carbocycles. The van der Waals surface area contributed by atoms with E-state index in [1.165, 1.54) is 19.2 Å². The number of halogens is 1. The molecule has 0 amide bonds. The number of pyridine rings is 2. The van der Waals surface area contributed by atoms with Gasteiger partial charge in [0.25, 0.3) is 0 Å². The Balaban J connectivity index is 1.50. The third kappa shape index (κ3) is 3.19. The van der Waals surface area contributed by atoms with Crippen molar-refractivity contribution in [2.24, 2.45) is 7.05 Å². The van der Waals surface area contributed by atoms with Gasteiger partial charge in [-0.05, 0) is 29.8 Å². The van der Waals surface area contributed by atoms with E-state index >= 15 is 0 Å². The molecule has 6 aromatic rings. The highest BCUT2D eigenvalue weighted by atomic mass is 19.1. The standard InChI is InChI=1S/C23H17FN8O/c1-32-11-13(8-26-32)17-3-4-18-21(27-17)22(31-30-18)23-28-19-10-25-9-16(20(19)29-23)12-5-14(24)7-15(6-12)33-2/h3-11H,1-2H3,(H,28,29)(H,30,31). The Morgan fingerprint density at radius 1 is 0.970 bits per heavy atom. The number of aryl methyl sites for hydroxylation is 1. The molecule has 0 bridgehead atoms. The molecule has 0 saturated heterocycles. The third-order valence-corrected chi connectivity index (χ3v) is 5.44. The minimum absolute atomic E-state index is 0.400. The van der Waals surface area contributed by atoms with Gasteiger partial charge in [-0.25, -0.2) is 14.4 Å². The average molecular weight is 440 g/mol. The van der Waals surface area contributed by atoms with E-state index < -0.39 is 5.82 Å². The van der Waals surface area contributed by atoms with Gasteiger partial charge in [0.1, 0.15) is 17.1 Å². The van der Waals surface area contributed by atoms with Gasteiger partial charge in [-0.1, -0.05) is 0 Å². The second kappa shape index (κ2) is 7.23. The van der Waals surface area contributed by atoms with Gasteiger partial charge in [-0.3, -0.25) is 14.8 Å². The number of rotatable bonds is 4. The van der Waals surface area contributed by atoms with Crippen LogP contribution < -0.4 is 4.74 Å². The van der Waals surface area contributed by atoms with Gasteiger partial charge in [0, 0.05) is 36.6 Å². The quantitative estimate of drug-likeness (QED) is 0.427. The molecule has 5 heterocycles. The van der Waals surface area contributed by atoms with Crippen molar-refractivity contribution in [3.05, 3.63) is 60.9 Å². The molecule has 0 saturated carbocycles. The van der Waals surface area contributed by atoms with Gasteiger partial charge in [0.15, 0.2) is 11.5 Å². The van der Waals surface area contributed by atoms with Crippen LogP contribution in [0.3, 0.4) is 0 Å². The zero-order chi connectivity index (χ0) is 22.5. The van der Waals surface area contributed by atoms with Crippen LogP contribution in [0.4, 0.5) is 4.39 Å². The van der Waals surface area contributed by atoms with Crippen molar-refractivity contribution in [2.75, 3.05) is 7.11 Å². The first-order valence-electron chi connectivity index (χ1n) is 10.1. The molecule has 5 aromatic heterocycles. The predicted molar refractivity (Wildman–Crippen MR) is 121 cm³/mol. The lowest BCUT2D eigenvalue weighted by atomic mass is 10.1. The van der Waals surface area contributed by atoms with Gasteiger partial charge in [-0.15, -0.1) is 0 Å². The molecular weight excluding hydrogens is 423 g/mol. The number of hydrogen-bond acceptors (Lipinski definition) is 6. The van der Waals surface area contributed by atoms with E-state index in [1.807, 2.05) is 25.4 Å². The lowest BCUT2D eigenvalue weighted by Gasteiger charge is -2.05. The van der Waals surface area contributed by atoms with E-state index in [4.69, 9.17) is 14.7 Å². The topological polar surface area (TPSA) is 110 Å². The zero-order valence-corrected chi connectivity index (χ0v) is 17.7. The van der Waals surface area contributed by atoms with E-state index in [0.717, 1.165) is 16.8 Å². The Morgan fingerprint density at radius 3 is 2.70 bits per heavy atom. The SMILES string of the molecule is COc1cc(F)cc(-c2cncc3[nH]c(-c4n[nH]c5ccc(-c6cnn(C)c6)nc45)nc23)c1. The molecule has 2 N–H and O–H groups in total. The molecule has 0 aliphatic rings. The van der Waals surface area contributed by atoms with E-state index in [-0.39, 0.29) is 0 Å². The van der Waals surface area contributed by atoms with Gasteiger partial charge in [0.2, 0.25) is 0 Å². The molecule has 162 valence electrons. The highest BCUT2D eigenvalue weighted by Crippen LogP contribution is 2.33. The number of aromatic nitrogens is 8. The molecule has 0 spiro atoms. The van der Waals surface area contributed by atoms with E-state index in [9.17, 15) is 4.39 Å². The molecule has 10 heteroatoms. The lowest BCUT2D eigenvalue weighted by Crippen LogP contribution is -1.89. The monoisotopic (exact) mass is 440 g/mol. The Bertz CT molecular complexity index is 1650. The molecule has 0 unspecified atom stereocenters. The number of nitrogens with one attached hydrogen (secondary N) is 2. The zero-order valence-electron chi connectivity index (χ0n) is 17.7. The third-order valence-electron chi connectivity index (χ3n) is 5.44. The molecule has 33 heavy (non-hydrogen) atoms. The van der Waals surface area contributed by atoms with Crippen LogP contribution in [0.15, 0.2) is 55.1 Å². The minimum atomic E-state index is -0.400. The van der Waals surface area contributed by atoms with Crippen molar-refractivity contribution in [3.63, 3.8) is 0 Å². The van der Waals surface area contributed by atoms with Crippen LogP contribution in [0.5, 0.6) is 5.75 Å². The summed E-state index contributed by atoms with van der Waals surface area (Å²) in [7, 11) is 3.36. The largest absolute Gasteiger partial charge is 0.497 e. The van der Waals surface area contributed by atoms with Crippen LogP contribution in [0, 0.1) is 5.82 Å². The number of ether oxygens (including phenoxy) is 1. The predicted octanol–water partition coefficient (Wildman–Crippen LogP) is 4.11. The van der Waals surface area contributed by atoms with Crippen LogP contribution in [0.1, 0.15) is 0 Å². The summed E-state index contributed by atoms with van der Waals surface area (Å²) in [6.45, 7) is 0. The average Bonchev–Trinajstić information content (AvgIpc) is 3.55. The normalized spacial score (nSPS) is 11.5. The van der Waals surface area contributed by atoms with Crippen molar-refractivity contribution >= 4 is 22.1 Å². The summed E-state index contributed by atoms with van der Waals surface area (Å²) in [5, 5.41) is 11.7. The lowest BCUT2D eigenvalue weighted by molar-refractivity contribution is 0.411. The van der Waals surface area contributed by atoms with Gasteiger partial charge in [-0.2, -0.15) is 10.2 Å². The highest BCUT2D eigenvalue weighted by molar-refractivity contribution is 5.95. The van der Waals surface area contributed by atoms with Crippen LogP contribution in [-0.4, -0.2) is 47.0 Å². The van der Waals surface area contributed by atoms with Crippen LogP contribution in [0.2, 0.25) is 0 Å². The number of H-pyrrole nitrogens is 2. The molecular formula is C23H17FN8O. The Labute approximate surface area is 186 Å². The number of benzene rings is 1. The Morgan fingerprint density at radius 2 is 1.88 bits per heavy atom. The van der Waals surface area contributed by atoms with Crippen molar-refractivity contribution in [2.45, 2.75) is 0 Å². The molecule has 9 nitrogen and oxygen atoms in total. The summed E-state index contributed by atoms with van der Waals surface area (Å²) in [6.07, 6.45) is 7.00. The molecule has 6 rings (SSSR count). The fraction of sp³-hybridized carbons (Fsp3) is 0.0870. The number of aromatic amines is 2. The number of methoxy groups -OCH3 is 1. The van der Waals surface area contributed by atoms with Crippen molar-refractivity contribution < 1.29 is 9.13 Å². The maximum atomic E-state index is 14.1. The fourth-order valence-electron chi connectivity index (χ4n) is 3.87. The van der Waals surface area contributed by atoms with Gasteiger partial charge in [0.05, 0.1) is 41.7 Å². The summed E-state index contributed by atoms with van der Waals surface area (Å²) >= 11 is 0. The van der Waals surface area contributed by atoms with Crippen molar-refractivity contribution in [3.8, 4) is 39.7 Å². The number of imidazole rings is 1. The summed E-state index contributed by atoms with van der Waals surface area (Å²) < 4.78 is 21.1. The second-order valence-corrected chi connectivity index (χ2v) is 7.62.